The SMILES string of the molecule is COCCCn1c(C2CCCN(C(=O)CC(N)Cc3ccc(-c4ccc5oc(N)nc5c4)cc3)C2)nc2c(F)cccc21. The van der Waals surface area contributed by atoms with Gasteiger partial charge in [-0.2, -0.15) is 4.98 Å². The fraction of sp³-hybridized carbons (Fsp3) is 0.364. The number of likely N-dealkylation sites (tertiary alicyclic amines) is 1. The number of fused-ring (bicyclic) bond motifs is 2. The number of oxazole rings is 1. The Morgan fingerprint density at radius 1 is 1.14 bits per heavy atom. The molecular formula is C33H37FN6O3. The highest BCUT2D eigenvalue weighted by Gasteiger charge is 2.29. The quantitative estimate of drug-likeness (QED) is 0.214. The van der Waals surface area contributed by atoms with Crippen LogP contribution in [-0.2, 0) is 22.5 Å². The maximum Gasteiger partial charge on any atom is 0.292 e. The van der Waals surface area contributed by atoms with Gasteiger partial charge in [-0.15, -0.1) is 0 Å². The van der Waals surface area contributed by atoms with Crippen molar-refractivity contribution in [2.45, 2.75) is 50.6 Å². The van der Waals surface area contributed by atoms with Crippen LogP contribution in [0.25, 0.3) is 33.3 Å². The molecule has 9 nitrogen and oxygen atoms in total. The maximum absolute atomic E-state index is 14.6. The number of carbonyl (C=O) groups excluding carboxylic acids is 1. The van der Waals surface area contributed by atoms with Gasteiger partial charge in [0.15, 0.2) is 11.4 Å². The Bertz CT molecular complexity index is 1730. The number of nitrogens with two attached hydrogens (primary N) is 2. The van der Waals surface area contributed by atoms with Crippen molar-refractivity contribution in [3.63, 3.8) is 0 Å². The first-order valence-electron chi connectivity index (χ1n) is 14.8. The highest BCUT2D eigenvalue weighted by atomic mass is 19.1. The Balaban J connectivity index is 1.09. The standard InChI is InChI=1S/C33H37FN6O3/c1-42-16-4-15-40-28-7-2-6-26(34)31(28)38-32(40)24-5-3-14-39(20-24)30(41)19-25(35)17-21-8-10-22(11-9-21)23-12-13-29-27(18-23)37-33(36)43-29/h2,6-13,18,24-25H,3-5,14-17,19-20,35H2,1H3,(H2,36,37). The molecule has 1 saturated heterocycles. The summed E-state index contributed by atoms with van der Waals surface area (Å²) in [5.41, 5.74) is 17.8. The molecule has 43 heavy (non-hydrogen) atoms. The fourth-order valence-electron chi connectivity index (χ4n) is 6.15. The van der Waals surface area contributed by atoms with Gasteiger partial charge in [0.25, 0.3) is 6.01 Å². The number of carbonyl (C=O) groups is 1. The summed E-state index contributed by atoms with van der Waals surface area (Å²) < 4.78 is 27.4. The first kappa shape index (κ1) is 28.8. The summed E-state index contributed by atoms with van der Waals surface area (Å²) in [4.78, 5) is 24.2. The number of methoxy groups -OCH3 is 1. The lowest BCUT2D eigenvalue weighted by molar-refractivity contribution is -0.132. The van der Waals surface area contributed by atoms with Gasteiger partial charge in [0.2, 0.25) is 5.91 Å². The molecule has 3 heterocycles. The molecule has 0 spiro atoms. The Kier molecular flexibility index (Phi) is 8.40. The van der Waals surface area contributed by atoms with Crippen molar-refractivity contribution >= 4 is 34.1 Å². The van der Waals surface area contributed by atoms with Crippen molar-refractivity contribution in [1.29, 1.82) is 0 Å². The number of imidazole rings is 1. The van der Waals surface area contributed by atoms with Gasteiger partial charge in [-0.25, -0.2) is 9.37 Å². The number of halogens is 1. The molecule has 3 aromatic carbocycles. The Morgan fingerprint density at radius 3 is 2.77 bits per heavy atom. The van der Waals surface area contributed by atoms with Gasteiger partial charge in [-0.3, -0.25) is 4.79 Å². The zero-order valence-electron chi connectivity index (χ0n) is 24.3. The number of ether oxygens (including phenoxy) is 1. The monoisotopic (exact) mass is 584 g/mol. The molecule has 5 aromatic rings. The van der Waals surface area contributed by atoms with Gasteiger partial charge in [0.05, 0.1) is 5.52 Å². The molecule has 0 saturated carbocycles. The number of amides is 1. The van der Waals surface area contributed by atoms with Crippen molar-refractivity contribution in [3.8, 4) is 11.1 Å². The van der Waals surface area contributed by atoms with E-state index in [1.54, 1.807) is 13.2 Å². The highest BCUT2D eigenvalue weighted by molar-refractivity contribution is 5.81. The van der Waals surface area contributed by atoms with Crippen molar-refractivity contribution in [1.82, 2.24) is 19.4 Å². The van der Waals surface area contributed by atoms with E-state index in [-0.39, 0.29) is 36.1 Å². The first-order chi connectivity index (χ1) is 20.9. The second-order valence-corrected chi connectivity index (χ2v) is 11.4. The molecule has 1 aliphatic rings. The van der Waals surface area contributed by atoms with Crippen LogP contribution >= 0.6 is 0 Å². The molecule has 0 bridgehead atoms. The summed E-state index contributed by atoms with van der Waals surface area (Å²) in [5.74, 6) is 0.587. The number of nitrogen functional groups attached to an aromatic ring is 1. The summed E-state index contributed by atoms with van der Waals surface area (Å²) in [6.45, 7) is 2.53. The Morgan fingerprint density at radius 2 is 1.95 bits per heavy atom. The van der Waals surface area contributed by atoms with Gasteiger partial charge in [0.1, 0.15) is 16.9 Å². The summed E-state index contributed by atoms with van der Waals surface area (Å²) in [5, 5.41) is 0. The van der Waals surface area contributed by atoms with E-state index in [2.05, 4.69) is 9.55 Å². The molecule has 4 N–H and O–H groups in total. The van der Waals surface area contributed by atoms with Crippen LogP contribution in [0.15, 0.2) is 65.1 Å². The minimum absolute atomic E-state index is 0.0312. The molecule has 0 radical (unpaired) electrons. The topological polar surface area (TPSA) is 125 Å². The predicted octanol–water partition coefficient (Wildman–Crippen LogP) is 5.27. The number of aromatic nitrogens is 3. The second-order valence-electron chi connectivity index (χ2n) is 11.4. The predicted molar refractivity (Wildman–Crippen MR) is 165 cm³/mol. The summed E-state index contributed by atoms with van der Waals surface area (Å²) in [7, 11) is 1.68. The zero-order chi connectivity index (χ0) is 29.9. The fourth-order valence-corrected chi connectivity index (χ4v) is 6.15. The average molecular weight is 585 g/mol. The zero-order valence-corrected chi connectivity index (χ0v) is 24.3. The van der Waals surface area contributed by atoms with E-state index in [1.165, 1.54) is 6.07 Å². The number of piperidine rings is 1. The van der Waals surface area contributed by atoms with Crippen LogP contribution in [0.2, 0.25) is 0 Å². The molecule has 224 valence electrons. The van der Waals surface area contributed by atoms with E-state index in [0.717, 1.165) is 52.8 Å². The lowest BCUT2D eigenvalue weighted by atomic mass is 9.95. The lowest BCUT2D eigenvalue weighted by Crippen LogP contribution is -2.42. The van der Waals surface area contributed by atoms with Crippen LogP contribution in [0.1, 0.15) is 43.0 Å². The molecular weight excluding hydrogens is 547 g/mol. The number of rotatable bonds is 10. The van der Waals surface area contributed by atoms with Crippen LogP contribution in [0.5, 0.6) is 0 Å². The third-order valence-corrected chi connectivity index (χ3v) is 8.25. The van der Waals surface area contributed by atoms with Gasteiger partial charge in [0, 0.05) is 51.7 Å². The van der Waals surface area contributed by atoms with E-state index in [9.17, 15) is 9.18 Å². The third kappa shape index (κ3) is 6.25. The number of hydrogen-bond acceptors (Lipinski definition) is 7. The highest BCUT2D eigenvalue weighted by Crippen LogP contribution is 2.31. The molecule has 10 heteroatoms. The molecule has 1 aliphatic heterocycles. The summed E-state index contributed by atoms with van der Waals surface area (Å²) in [6, 6.07) is 18.9. The van der Waals surface area contributed by atoms with Crippen LogP contribution in [0, 0.1) is 5.82 Å². The summed E-state index contributed by atoms with van der Waals surface area (Å²) >= 11 is 0. The van der Waals surface area contributed by atoms with E-state index < -0.39 is 0 Å². The van der Waals surface area contributed by atoms with E-state index in [0.29, 0.717) is 43.8 Å². The van der Waals surface area contributed by atoms with Crippen LogP contribution in [0.3, 0.4) is 0 Å². The van der Waals surface area contributed by atoms with E-state index in [4.69, 9.17) is 25.6 Å². The number of aryl methyl sites for hydroxylation is 1. The number of anilines is 1. The maximum atomic E-state index is 14.6. The van der Waals surface area contributed by atoms with Gasteiger partial charge >= 0.3 is 0 Å². The average Bonchev–Trinajstić information content (AvgIpc) is 3.57. The lowest BCUT2D eigenvalue weighted by Gasteiger charge is -2.33. The van der Waals surface area contributed by atoms with Crippen molar-refractivity contribution in [2.75, 3.05) is 32.5 Å². The van der Waals surface area contributed by atoms with Crippen LogP contribution in [-0.4, -0.2) is 58.2 Å². The van der Waals surface area contributed by atoms with Crippen molar-refractivity contribution in [2.24, 2.45) is 5.73 Å². The molecule has 2 unspecified atom stereocenters. The first-order valence-corrected chi connectivity index (χ1v) is 14.8. The second kappa shape index (κ2) is 12.5. The molecule has 6 rings (SSSR count). The molecule has 1 fully saturated rings. The van der Waals surface area contributed by atoms with Crippen molar-refractivity contribution in [3.05, 3.63) is 77.9 Å². The Labute approximate surface area is 249 Å². The van der Waals surface area contributed by atoms with Gasteiger partial charge < -0.3 is 30.1 Å². The third-order valence-electron chi connectivity index (χ3n) is 8.25. The molecule has 2 aromatic heterocycles. The van der Waals surface area contributed by atoms with Crippen LogP contribution < -0.4 is 11.5 Å². The number of hydrogen-bond donors (Lipinski definition) is 2. The number of para-hydroxylation sites is 1. The minimum Gasteiger partial charge on any atom is -0.424 e. The normalized spacial score (nSPS) is 16.3. The summed E-state index contributed by atoms with van der Waals surface area (Å²) in [6.07, 6.45) is 3.41. The van der Waals surface area contributed by atoms with E-state index in [1.807, 2.05) is 53.4 Å². The van der Waals surface area contributed by atoms with Gasteiger partial charge in [-0.05, 0) is 66.6 Å². The number of nitrogens with zero attached hydrogens (tertiary/aromatic N) is 4. The largest absolute Gasteiger partial charge is 0.424 e. The van der Waals surface area contributed by atoms with Gasteiger partial charge in [-0.1, -0.05) is 36.4 Å². The van der Waals surface area contributed by atoms with E-state index >= 15 is 0 Å². The molecule has 0 aliphatic carbocycles. The smallest absolute Gasteiger partial charge is 0.292 e. The Hall–Kier alpha value is -4.28. The number of benzene rings is 3. The van der Waals surface area contributed by atoms with Crippen molar-refractivity contribution < 1.29 is 18.3 Å². The molecule has 2 atom stereocenters. The van der Waals surface area contributed by atoms with Crippen LogP contribution in [0.4, 0.5) is 10.4 Å². The molecule has 1 amide bonds. The minimum atomic E-state index is -0.326.